The number of hydrogen-bond donors (Lipinski definition) is 1. The quantitative estimate of drug-likeness (QED) is 0.566. The lowest BCUT2D eigenvalue weighted by Crippen LogP contribution is -2.48. The molecule has 8 nitrogen and oxygen atoms in total. The van der Waals surface area contributed by atoms with Crippen molar-refractivity contribution in [2.24, 2.45) is 4.99 Å². The fourth-order valence-electron chi connectivity index (χ4n) is 5.10. The van der Waals surface area contributed by atoms with Gasteiger partial charge >= 0.3 is 0 Å². The molecule has 0 bridgehead atoms. The summed E-state index contributed by atoms with van der Waals surface area (Å²) in [6, 6.07) is 11.0. The van der Waals surface area contributed by atoms with Gasteiger partial charge in [0, 0.05) is 69.0 Å². The molecule has 8 heteroatoms. The molecule has 2 aromatic heterocycles. The number of carbonyl (C=O) groups excluding carboxylic acids is 1. The summed E-state index contributed by atoms with van der Waals surface area (Å²) in [4.78, 5) is 29.9. The van der Waals surface area contributed by atoms with Gasteiger partial charge in [-0.3, -0.25) is 4.79 Å². The standard InChI is InChI=1S/C26H33N7O/c1-27-13-11-25(34)32-18-16-31(17-19-32)22-8-5-9-23-21(22)12-15-33(23)24-10-14-28-26(30-24)29-20-6-3-2-4-7-20/h5,8-10,12-15,20H,2-4,6-7,11,16-19H2,1H3,(H,28,29,30). The first-order chi connectivity index (χ1) is 16.7. The minimum Gasteiger partial charge on any atom is -0.367 e. The van der Waals surface area contributed by atoms with Crippen molar-refractivity contribution in [3.05, 3.63) is 42.7 Å². The summed E-state index contributed by atoms with van der Waals surface area (Å²) in [6.45, 7) is 3.11. The number of amides is 1. The van der Waals surface area contributed by atoms with E-state index in [1.54, 1.807) is 13.3 Å². The summed E-state index contributed by atoms with van der Waals surface area (Å²) in [7, 11) is 1.70. The fraction of sp³-hybridized carbons (Fsp3) is 0.462. The van der Waals surface area contributed by atoms with Crippen LogP contribution in [0.5, 0.6) is 0 Å². The van der Waals surface area contributed by atoms with E-state index in [0.29, 0.717) is 18.4 Å². The number of rotatable bonds is 6. The Morgan fingerprint density at radius 2 is 1.94 bits per heavy atom. The molecule has 3 aromatic rings. The number of carbonyl (C=O) groups is 1. The first-order valence-electron chi connectivity index (χ1n) is 12.4. The van der Waals surface area contributed by atoms with Gasteiger partial charge in [0.1, 0.15) is 5.82 Å². The fourth-order valence-corrected chi connectivity index (χ4v) is 5.10. The molecular formula is C26H33N7O. The number of nitrogens with one attached hydrogen (secondary N) is 1. The molecule has 34 heavy (non-hydrogen) atoms. The molecule has 0 unspecified atom stereocenters. The lowest BCUT2D eigenvalue weighted by Gasteiger charge is -2.36. The second-order valence-corrected chi connectivity index (χ2v) is 9.13. The van der Waals surface area contributed by atoms with Gasteiger partial charge in [-0.2, -0.15) is 4.98 Å². The van der Waals surface area contributed by atoms with E-state index in [4.69, 9.17) is 4.98 Å². The van der Waals surface area contributed by atoms with Crippen LogP contribution in [-0.4, -0.2) is 70.8 Å². The number of aliphatic imine (C=N–C) groups is 1. The number of anilines is 2. The highest BCUT2D eigenvalue weighted by atomic mass is 16.2. The Hall–Kier alpha value is -3.42. The number of piperazine rings is 1. The maximum absolute atomic E-state index is 12.3. The van der Waals surface area contributed by atoms with Crippen molar-refractivity contribution in [2.75, 3.05) is 43.4 Å². The van der Waals surface area contributed by atoms with Crippen LogP contribution >= 0.6 is 0 Å². The molecule has 1 N–H and O–H groups in total. The van der Waals surface area contributed by atoms with Crippen LogP contribution in [0, 0.1) is 0 Å². The number of fused-ring (bicyclic) bond motifs is 1. The predicted octanol–water partition coefficient (Wildman–Crippen LogP) is 3.90. The molecular weight excluding hydrogens is 426 g/mol. The Balaban J connectivity index is 1.33. The zero-order valence-electron chi connectivity index (χ0n) is 19.9. The molecule has 0 spiro atoms. The van der Waals surface area contributed by atoms with Crippen molar-refractivity contribution in [1.82, 2.24) is 19.4 Å². The SMILES string of the molecule is CN=CCC(=O)N1CCN(c2cccc3c2ccn3-c2ccnc(NC3CCCCC3)n2)CC1. The van der Waals surface area contributed by atoms with Crippen LogP contribution in [0.15, 0.2) is 47.7 Å². The van der Waals surface area contributed by atoms with Gasteiger partial charge in [-0.25, -0.2) is 4.98 Å². The molecule has 0 atom stereocenters. The average Bonchev–Trinajstić information content (AvgIpc) is 3.33. The Labute approximate surface area is 200 Å². The molecule has 1 saturated heterocycles. The minimum absolute atomic E-state index is 0.149. The normalized spacial score (nSPS) is 17.6. The van der Waals surface area contributed by atoms with E-state index in [-0.39, 0.29) is 5.91 Å². The van der Waals surface area contributed by atoms with Crippen molar-refractivity contribution in [1.29, 1.82) is 0 Å². The minimum atomic E-state index is 0.149. The van der Waals surface area contributed by atoms with Gasteiger partial charge in [-0.15, -0.1) is 0 Å². The van der Waals surface area contributed by atoms with E-state index < -0.39 is 0 Å². The molecule has 2 aliphatic rings. The van der Waals surface area contributed by atoms with E-state index >= 15 is 0 Å². The number of hydrogen-bond acceptors (Lipinski definition) is 6. The molecule has 1 amide bonds. The topological polar surface area (TPSA) is 78.7 Å². The zero-order chi connectivity index (χ0) is 23.3. The molecule has 3 heterocycles. The molecule has 1 saturated carbocycles. The van der Waals surface area contributed by atoms with Crippen LogP contribution in [-0.2, 0) is 4.79 Å². The van der Waals surface area contributed by atoms with Crippen molar-refractivity contribution in [3.63, 3.8) is 0 Å². The summed E-state index contributed by atoms with van der Waals surface area (Å²) in [5, 5.41) is 4.73. The monoisotopic (exact) mass is 459 g/mol. The highest BCUT2D eigenvalue weighted by Gasteiger charge is 2.22. The number of benzene rings is 1. The predicted molar refractivity (Wildman–Crippen MR) is 137 cm³/mol. The van der Waals surface area contributed by atoms with Gasteiger partial charge in [0.2, 0.25) is 11.9 Å². The van der Waals surface area contributed by atoms with Crippen LogP contribution in [0.1, 0.15) is 38.5 Å². The first kappa shape index (κ1) is 22.4. The molecule has 178 valence electrons. The average molecular weight is 460 g/mol. The second kappa shape index (κ2) is 10.2. The summed E-state index contributed by atoms with van der Waals surface area (Å²) in [5.41, 5.74) is 2.32. The van der Waals surface area contributed by atoms with Gasteiger partial charge in [-0.05, 0) is 37.1 Å². The highest BCUT2D eigenvalue weighted by Crippen LogP contribution is 2.30. The van der Waals surface area contributed by atoms with Gasteiger partial charge < -0.3 is 24.7 Å². The Bertz CT molecular complexity index is 1160. The maximum atomic E-state index is 12.3. The van der Waals surface area contributed by atoms with Crippen LogP contribution in [0.4, 0.5) is 11.6 Å². The Morgan fingerprint density at radius 1 is 1.12 bits per heavy atom. The van der Waals surface area contributed by atoms with Crippen LogP contribution in [0.2, 0.25) is 0 Å². The van der Waals surface area contributed by atoms with E-state index in [9.17, 15) is 4.79 Å². The molecule has 1 aliphatic heterocycles. The maximum Gasteiger partial charge on any atom is 0.228 e. The number of aromatic nitrogens is 3. The third kappa shape index (κ3) is 4.76. The van der Waals surface area contributed by atoms with E-state index in [2.05, 4.69) is 55.2 Å². The van der Waals surface area contributed by atoms with Crippen molar-refractivity contribution in [3.8, 4) is 5.82 Å². The van der Waals surface area contributed by atoms with Crippen molar-refractivity contribution >= 4 is 34.7 Å². The molecule has 1 aliphatic carbocycles. The number of nitrogens with zero attached hydrogens (tertiary/aromatic N) is 6. The molecule has 5 rings (SSSR count). The van der Waals surface area contributed by atoms with Crippen LogP contribution in [0.25, 0.3) is 16.7 Å². The van der Waals surface area contributed by atoms with E-state index in [0.717, 1.165) is 37.5 Å². The summed E-state index contributed by atoms with van der Waals surface area (Å²) >= 11 is 0. The van der Waals surface area contributed by atoms with E-state index in [1.165, 1.54) is 43.2 Å². The van der Waals surface area contributed by atoms with E-state index in [1.807, 2.05) is 17.2 Å². The molecule has 1 aromatic carbocycles. The lowest BCUT2D eigenvalue weighted by molar-refractivity contribution is -0.130. The third-order valence-corrected chi connectivity index (χ3v) is 6.96. The van der Waals surface area contributed by atoms with Gasteiger partial charge in [0.15, 0.2) is 0 Å². The molecule has 0 radical (unpaired) electrons. The smallest absolute Gasteiger partial charge is 0.228 e. The van der Waals surface area contributed by atoms with Crippen molar-refractivity contribution < 1.29 is 4.79 Å². The lowest BCUT2D eigenvalue weighted by atomic mass is 9.96. The van der Waals surface area contributed by atoms with Gasteiger partial charge in [0.25, 0.3) is 0 Å². The Morgan fingerprint density at radius 3 is 2.74 bits per heavy atom. The largest absolute Gasteiger partial charge is 0.367 e. The van der Waals surface area contributed by atoms with Gasteiger partial charge in [-0.1, -0.05) is 25.3 Å². The van der Waals surface area contributed by atoms with Crippen LogP contribution < -0.4 is 10.2 Å². The summed E-state index contributed by atoms with van der Waals surface area (Å²) in [5.74, 6) is 1.72. The van der Waals surface area contributed by atoms with Crippen LogP contribution in [0.3, 0.4) is 0 Å². The first-order valence-corrected chi connectivity index (χ1v) is 12.4. The summed E-state index contributed by atoms with van der Waals surface area (Å²) < 4.78 is 2.14. The zero-order valence-corrected chi connectivity index (χ0v) is 19.9. The summed E-state index contributed by atoms with van der Waals surface area (Å²) in [6.07, 6.45) is 12.2. The molecule has 2 fully saturated rings. The highest BCUT2D eigenvalue weighted by molar-refractivity contribution is 5.94. The Kier molecular flexibility index (Phi) is 6.74. The van der Waals surface area contributed by atoms with Crippen molar-refractivity contribution in [2.45, 2.75) is 44.6 Å². The van der Waals surface area contributed by atoms with Gasteiger partial charge in [0.05, 0.1) is 11.9 Å². The second-order valence-electron chi connectivity index (χ2n) is 9.13. The third-order valence-electron chi connectivity index (χ3n) is 6.96.